The van der Waals surface area contributed by atoms with E-state index in [0.717, 1.165) is 5.75 Å². The van der Waals surface area contributed by atoms with Crippen LogP contribution in [0, 0.1) is 0 Å². The molecule has 1 heterocycles. The van der Waals surface area contributed by atoms with Crippen molar-refractivity contribution in [2.45, 2.75) is 46.0 Å². The van der Waals surface area contributed by atoms with E-state index in [1.165, 1.54) is 5.56 Å². The summed E-state index contributed by atoms with van der Waals surface area (Å²) in [5.41, 5.74) is 2.22. The van der Waals surface area contributed by atoms with Crippen LogP contribution in [0.4, 0.5) is 5.69 Å². The molecule has 0 bridgehead atoms. The number of nitrogens with zero attached hydrogens (tertiary/aromatic N) is 1. The summed E-state index contributed by atoms with van der Waals surface area (Å²) >= 11 is 0. The largest absolute Gasteiger partial charge is 0.492 e. The quantitative estimate of drug-likeness (QED) is 0.416. The number of benzene rings is 2. The number of hydrogen-bond donors (Lipinski definition) is 0. The molecule has 0 aliphatic carbocycles. The van der Waals surface area contributed by atoms with Crippen LogP contribution in [-0.4, -0.2) is 44.0 Å². The minimum absolute atomic E-state index is 0.0186. The average molecular weight is 454 g/mol. The molecule has 1 aliphatic heterocycles. The normalized spacial score (nSPS) is 13.2. The van der Waals surface area contributed by atoms with Crippen molar-refractivity contribution in [2.75, 3.05) is 31.3 Å². The standard InChI is InChI=1S/C26H31NO6/c1-5-31-25(30)13-11-22(28)18-6-12-23-21(16-18)27(24(29)17-33-23)14-15-32-20-9-7-19(8-10-20)26(2,3)4/h6-10,12,16H,5,11,13-15,17H2,1-4H3. The van der Waals surface area contributed by atoms with Gasteiger partial charge in [0.05, 0.1) is 25.3 Å². The van der Waals surface area contributed by atoms with Crippen molar-refractivity contribution < 1.29 is 28.6 Å². The number of Topliss-reactive ketones (excluding diaryl/α,β-unsaturated/α-hetero) is 1. The summed E-state index contributed by atoms with van der Waals surface area (Å²) < 4.78 is 16.3. The minimum Gasteiger partial charge on any atom is -0.492 e. The predicted octanol–water partition coefficient (Wildman–Crippen LogP) is 4.31. The molecule has 2 aromatic rings. The number of carbonyl (C=O) groups is 3. The Bertz CT molecular complexity index is 1010. The summed E-state index contributed by atoms with van der Waals surface area (Å²) in [4.78, 5) is 38.2. The van der Waals surface area contributed by atoms with Gasteiger partial charge in [0.25, 0.3) is 5.91 Å². The molecule has 2 aromatic carbocycles. The Morgan fingerprint density at radius 1 is 1.06 bits per heavy atom. The van der Waals surface area contributed by atoms with E-state index in [-0.39, 0.29) is 43.2 Å². The Morgan fingerprint density at radius 2 is 1.79 bits per heavy atom. The first-order valence-electron chi connectivity index (χ1n) is 11.2. The highest BCUT2D eigenvalue weighted by molar-refractivity contribution is 6.02. The van der Waals surface area contributed by atoms with E-state index in [1.54, 1.807) is 30.0 Å². The first-order chi connectivity index (χ1) is 15.7. The zero-order valence-corrected chi connectivity index (χ0v) is 19.7. The molecular weight excluding hydrogens is 422 g/mol. The summed E-state index contributed by atoms with van der Waals surface area (Å²) in [7, 11) is 0. The Balaban J connectivity index is 1.65. The maximum atomic E-state index is 12.5. The van der Waals surface area contributed by atoms with Crippen LogP contribution in [0.1, 0.15) is 56.5 Å². The molecule has 3 rings (SSSR count). The van der Waals surface area contributed by atoms with Gasteiger partial charge in [-0.15, -0.1) is 0 Å². The maximum Gasteiger partial charge on any atom is 0.306 e. The summed E-state index contributed by atoms with van der Waals surface area (Å²) in [5, 5.41) is 0. The Hall–Kier alpha value is -3.35. The minimum atomic E-state index is -0.406. The highest BCUT2D eigenvalue weighted by atomic mass is 16.5. The first kappa shape index (κ1) is 24.3. The second-order valence-corrected chi connectivity index (χ2v) is 8.87. The monoisotopic (exact) mass is 453 g/mol. The SMILES string of the molecule is CCOC(=O)CCC(=O)c1ccc2c(c1)N(CCOc1ccc(C(C)(C)C)cc1)C(=O)CO2. The molecule has 0 saturated heterocycles. The summed E-state index contributed by atoms with van der Waals surface area (Å²) in [6.07, 6.45) is 0.0604. The molecule has 0 saturated carbocycles. The number of anilines is 1. The zero-order chi connectivity index (χ0) is 24.0. The maximum absolute atomic E-state index is 12.5. The summed E-state index contributed by atoms with van der Waals surface area (Å²) in [6.45, 7) is 9.00. The molecule has 7 heteroatoms. The molecule has 0 atom stereocenters. The van der Waals surface area contributed by atoms with E-state index in [0.29, 0.717) is 30.2 Å². The van der Waals surface area contributed by atoms with E-state index in [9.17, 15) is 14.4 Å². The van der Waals surface area contributed by atoms with Gasteiger partial charge in [0.1, 0.15) is 18.1 Å². The van der Waals surface area contributed by atoms with Gasteiger partial charge >= 0.3 is 5.97 Å². The molecule has 7 nitrogen and oxygen atoms in total. The molecule has 176 valence electrons. The molecule has 0 N–H and O–H groups in total. The lowest BCUT2D eigenvalue weighted by atomic mass is 9.87. The third-order valence-corrected chi connectivity index (χ3v) is 5.39. The van der Waals surface area contributed by atoms with Crippen LogP contribution in [0.25, 0.3) is 0 Å². The first-order valence-corrected chi connectivity index (χ1v) is 11.2. The van der Waals surface area contributed by atoms with E-state index < -0.39 is 5.97 Å². The van der Waals surface area contributed by atoms with E-state index in [1.807, 2.05) is 24.3 Å². The van der Waals surface area contributed by atoms with Gasteiger partial charge in [0.15, 0.2) is 12.4 Å². The number of rotatable bonds is 9. The molecule has 0 spiro atoms. The van der Waals surface area contributed by atoms with Crippen molar-refractivity contribution in [1.82, 2.24) is 0 Å². The lowest BCUT2D eigenvalue weighted by molar-refractivity contribution is -0.143. The Labute approximate surface area is 194 Å². The third-order valence-electron chi connectivity index (χ3n) is 5.39. The van der Waals surface area contributed by atoms with Crippen LogP contribution >= 0.6 is 0 Å². The van der Waals surface area contributed by atoms with Gasteiger partial charge in [-0.3, -0.25) is 14.4 Å². The van der Waals surface area contributed by atoms with Crippen LogP contribution in [0.15, 0.2) is 42.5 Å². The highest BCUT2D eigenvalue weighted by Gasteiger charge is 2.26. The van der Waals surface area contributed by atoms with Gasteiger partial charge in [-0.25, -0.2) is 0 Å². The topological polar surface area (TPSA) is 82.1 Å². The van der Waals surface area contributed by atoms with Crippen molar-refractivity contribution in [3.8, 4) is 11.5 Å². The summed E-state index contributed by atoms with van der Waals surface area (Å²) in [5.74, 6) is 0.457. The van der Waals surface area contributed by atoms with Crippen molar-refractivity contribution in [3.63, 3.8) is 0 Å². The van der Waals surface area contributed by atoms with Gasteiger partial charge in [-0.1, -0.05) is 32.9 Å². The molecule has 1 amide bonds. The van der Waals surface area contributed by atoms with Gasteiger partial charge in [-0.05, 0) is 48.2 Å². The smallest absolute Gasteiger partial charge is 0.306 e. The lowest BCUT2D eigenvalue weighted by Gasteiger charge is -2.29. The van der Waals surface area contributed by atoms with E-state index in [4.69, 9.17) is 14.2 Å². The predicted molar refractivity (Wildman–Crippen MR) is 125 cm³/mol. The van der Waals surface area contributed by atoms with Crippen molar-refractivity contribution in [2.24, 2.45) is 0 Å². The number of esters is 1. The molecule has 1 aliphatic rings. The lowest BCUT2D eigenvalue weighted by Crippen LogP contribution is -2.41. The van der Waals surface area contributed by atoms with Gasteiger partial charge in [0, 0.05) is 12.0 Å². The number of carbonyl (C=O) groups excluding carboxylic acids is 3. The average Bonchev–Trinajstić information content (AvgIpc) is 2.78. The fraction of sp³-hybridized carbons (Fsp3) is 0.423. The zero-order valence-electron chi connectivity index (χ0n) is 19.7. The molecule has 0 fully saturated rings. The fourth-order valence-corrected chi connectivity index (χ4v) is 3.52. The second-order valence-electron chi connectivity index (χ2n) is 8.87. The number of amides is 1. The molecule has 0 aromatic heterocycles. The van der Waals surface area contributed by atoms with Crippen LogP contribution in [0.2, 0.25) is 0 Å². The second kappa shape index (κ2) is 10.5. The Morgan fingerprint density at radius 3 is 2.45 bits per heavy atom. The van der Waals surface area contributed by atoms with E-state index in [2.05, 4.69) is 20.8 Å². The number of hydrogen-bond acceptors (Lipinski definition) is 6. The van der Waals surface area contributed by atoms with E-state index >= 15 is 0 Å². The number of ether oxygens (including phenoxy) is 3. The van der Waals surface area contributed by atoms with Crippen molar-refractivity contribution >= 4 is 23.3 Å². The van der Waals surface area contributed by atoms with Crippen LogP contribution in [-0.2, 0) is 19.7 Å². The van der Waals surface area contributed by atoms with Gasteiger partial charge in [0.2, 0.25) is 0 Å². The highest BCUT2D eigenvalue weighted by Crippen LogP contribution is 2.33. The molecule has 0 unspecified atom stereocenters. The molecule has 0 radical (unpaired) electrons. The van der Waals surface area contributed by atoms with Crippen molar-refractivity contribution in [3.05, 3.63) is 53.6 Å². The number of ketones is 1. The Kier molecular flexibility index (Phi) is 7.74. The summed E-state index contributed by atoms with van der Waals surface area (Å²) in [6, 6.07) is 12.9. The molecule has 33 heavy (non-hydrogen) atoms. The van der Waals surface area contributed by atoms with Gasteiger partial charge < -0.3 is 19.1 Å². The van der Waals surface area contributed by atoms with Crippen LogP contribution in [0.3, 0.4) is 0 Å². The van der Waals surface area contributed by atoms with Crippen LogP contribution in [0.5, 0.6) is 11.5 Å². The fourth-order valence-electron chi connectivity index (χ4n) is 3.52. The molecular formula is C26H31NO6. The third kappa shape index (κ3) is 6.34. The van der Waals surface area contributed by atoms with Crippen LogP contribution < -0.4 is 14.4 Å². The van der Waals surface area contributed by atoms with Crippen molar-refractivity contribution in [1.29, 1.82) is 0 Å². The van der Waals surface area contributed by atoms with Gasteiger partial charge in [-0.2, -0.15) is 0 Å². The number of fused-ring (bicyclic) bond motifs is 1.